The van der Waals surface area contributed by atoms with Gasteiger partial charge >= 0.3 is 6.03 Å². The highest BCUT2D eigenvalue weighted by molar-refractivity contribution is 5.96. The average molecular weight is 371 g/mol. The lowest BCUT2D eigenvalue weighted by atomic mass is 10.0. The molecule has 0 saturated carbocycles. The number of carbonyl (C=O) groups is 2. The van der Waals surface area contributed by atoms with Crippen molar-refractivity contribution in [1.82, 2.24) is 19.7 Å². The largest absolute Gasteiger partial charge is 0.386 e. The van der Waals surface area contributed by atoms with Crippen LogP contribution in [0.4, 0.5) is 4.79 Å². The van der Waals surface area contributed by atoms with Crippen LogP contribution >= 0.6 is 0 Å². The molecule has 1 aromatic heterocycles. The van der Waals surface area contributed by atoms with Crippen molar-refractivity contribution in [2.24, 2.45) is 5.16 Å². The third kappa shape index (κ3) is 3.80. The average Bonchev–Trinajstić information content (AvgIpc) is 3.16. The number of oxime groups is 1. The summed E-state index contributed by atoms with van der Waals surface area (Å²) in [7, 11) is 1.57. The maximum atomic E-state index is 12.3. The number of nitrogens with zero attached hydrogens (tertiary/aromatic N) is 5. The lowest BCUT2D eigenvalue weighted by molar-refractivity contribution is -0.130. The fraction of sp³-hybridized carbons (Fsp3) is 0.579. The summed E-state index contributed by atoms with van der Waals surface area (Å²) in [6.07, 6.45) is 4.73. The van der Waals surface area contributed by atoms with Crippen molar-refractivity contribution in [1.29, 1.82) is 0 Å². The highest BCUT2D eigenvalue weighted by Crippen LogP contribution is 2.27. The van der Waals surface area contributed by atoms with Crippen molar-refractivity contribution in [2.75, 3.05) is 33.2 Å². The van der Waals surface area contributed by atoms with Gasteiger partial charge in [0, 0.05) is 58.3 Å². The summed E-state index contributed by atoms with van der Waals surface area (Å²) in [6, 6.07) is 5.88. The van der Waals surface area contributed by atoms with Crippen LogP contribution in [0.15, 0.2) is 29.6 Å². The number of aromatic nitrogens is 1. The minimum Gasteiger partial charge on any atom is -0.386 e. The number of likely N-dealkylation sites (tertiary alicyclic amines) is 1. The minimum atomic E-state index is -0.156. The van der Waals surface area contributed by atoms with E-state index in [4.69, 9.17) is 4.84 Å². The fourth-order valence-corrected chi connectivity index (χ4v) is 4.01. The molecule has 0 aromatic carbocycles. The molecule has 27 heavy (non-hydrogen) atoms. The standard InChI is InChI=1S/C19H25N5O3/c1-22-18(25)7-11-24(19(22)26)15-5-9-23(10-6-15)13-14-12-17(27-21-14)16-4-2-3-8-20-16/h2-4,8,15,17H,5-7,9-13H2,1H3. The highest BCUT2D eigenvalue weighted by Gasteiger charge is 2.35. The van der Waals surface area contributed by atoms with Crippen molar-refractivity contribution in [3.63, 3.8) is 0 Å². The van der Waals surface area contributed by atoms with E-state index in [0.29, 0.717) is 13.0 Å². The number of hydrogen-bond donors (Lipinski definition) is 0. The first-order valence-corrected chi connectivity index (χ1v) is 9.54. The molecule has 0 spiro atoms. The number of pyridine rings is 1. The normalized spacial score (nSPS) is 24.9. The molecule has 4 rings (SSSR count). The molecule has 8 nitrogen and oxygen atoms in total. The number of piperidine rings is 1. The number of hydrogen-bond acceptors (Lipinski definition) is 6. The van der Waals surface area contributed by atoms with Crippen molar-refractivity contribution >= 4 is 17.6 Å². The van der Waals surface area contributed by atoms with E-state index in [2.05, 4.69) is 15.0 Å². The molecule has 1 atom stereocenters. The monoisotopic (exact) mass is 371 g/mol. The van der Waals surface area contributed by atoms with Gasteiger partial charge in [-0.3, -0.25) is 19.6 Å². The summed E-state index contributed by atoms with van der Waals surface area (Å²) < 4.78 is 0. The van der Waals surface area contributed by atoms with Gasteiger partial charge < -0.3 is 9.74 Å². The molecule has 2 fully saturated rings. The van der Waals surface area contributed by atoms with Crippen LogP contribution in [0.1, 0.15) is 37.5 Å². The Morgan fingerprint density at radius 1 is 1.19 bits per heavy atom. The first kappa shape index (κ1) is 17.9. The third-order valence-corrected chi connectivity index (χ3v) is 5.63. The number of rotatable bonds is 4. The van der Waals surface area contributed by atoms with Crippen molar-refractivity contribution < 1.29 is 14.4 Å². The Bertz CT molecular complexity index is 730. The molecule has 3 aliphatic heterocycles. The maximum absolute atomic E-state index is 12.3. The Balaban J connectivity index is 1.26. The van der Waals surface area contributed by atoms with E-state index in [0.717, 1.165) is 50.3 Å². The molecule has 4 heterocycles. The molecule has 0 radical (unpaired) electrons. The van der Waals surface area contributed by atoms with E-state index >= 15 is 0 Å². The summed E-state index contributed by atoms with van der Waals surface area (Å²) >= 11 is 0. The maximum Gasteiger partial charge on any atom is 0.326 e. The Hall–Kier alpha value is -2.48. The van der Waals surface area contributed by atoms with Crippen molar-refractivity contribution in [2.45, 2.75) is 37.8 Å². The van der Waals surface area contributed by atoms with Gasteiger partial charge in [0.05, 0.1) is 11.4 Å². The van der Waals surface area contributed by atoms with Crippen LogP contribution in [0, 0.1) is 0 Å². The van der Waals surface area contributed by atoms with Crippen molar-refractivity contribution in [3.8, 4) is 0 Å². The molecule has 2 saturated heterocycles. The summed E-state index contributed by atoms with van der Waals surface area (Å²) in [5, 5.41) is 4.25. The first-order chi connectivity index (χ1) is 13.1. The molecule has 1 unspecified atom stereocenters. The van der Waals surface area contributed by atoms with Crippen LogP contribution in [0.2, 0.25) is 0 Å². The van der Waals surface area contributed by atoms with E-state index in [-0.39, 0.29) is 24.1 Å². The second-order valence-electron chi connectivity index (χ2n) is 7.40. The second-order valence-corrected chi connectivity index (χ2v) is 7.40. The molecule has 3 amide bonds. The zero-order valence-electron chi connectivity index (χ0n) is 15.6. The van der Waals surface area contributed by atoms with Crippen LogP contribution in [0.5, 0.6) is 0 Å². The first-order valence-electron chi connectivity index (χ1n) is 9.54. The quantitative estimate of drug-likeness (QED) is 0.804. The highest BCUT2D eigenvalue weighted by atomic mass is 16.6. The van der Waals surface area contributed by atoms with E-state index in [1.807, 2.05) is 23.1 Å². The van der Waals surface area contributed by atoms with Gasteiger partial charge in [-0.2, -0.15) is 0 Å². The van der Waals surface area contributed by atoms with Gasteiger partial charge in [0.2, 0.25) is 5.91 Å². The molecule has 8 heteroatoms. The van der Waals surface area contributed by atoms with Gasteiger partial charge in [-0.25, -0.2) is 4.79 Å². The van der Waals surface area contributed by atoms with E-state index in [1.165, 1.54) is 4.90 Å². The molecule has 3 aliphatic rings. The topological polar surface area (TPSA) is 78.3 Å². The molecule has 0 bridgehead atoms. The second kappa shape index (κ2) is 7.64. The molecule has 144 valence electrons. The Morgan fingerprint density at radius 3 is 2.74 bits per heavy atom. The molecule has 0 aliphatic carbocycles. The predicted molar refractivity (Wildman–Crippen MR) is 99.1 cm³/mol. The molecule has 1 aromatic rings. The molecular formula is C19H25N5O3. The number of imide groups is 1. The van der Waals surface area contributed by atoms with Gasteiger partial charge in [-0.1, -0.05) is 11.2 Å². The lowest BCUT2D eigenvalue weighted by Gasteiger charge is -2.41. The van der Waals surface area contributed by atoms with Gasteiger partial charge in [0.25, 0.3) is 0 Å². The SMILES string of the molecule is CN1C(=O)CCN(C2CCN(CC3=NOC(c4ccccn4)C3)CC2)C1=O. The third-order valence-electron chi connectivity index (χ3n) is 5.63. The number of urea groups is 1. The van der Waals surface area contributed by atoms with Gasteiger partial charge in [-0.15, -0.1) is 0 Å². The zero-order valence-corrected chi connectivity index (χ0v) is 15.6. The van der Waals surface area contributed by atoms with Crippen LogP contribution in [-0.2, 0) is 9.63 Å². The van der Waals surface area contributed by atoms with Gasteiger partial charge in [-0.05, 0) is 25.0 Å². The van der Waals surface area contributed by atoms with E-state index < -0.39 is 0 Å². The molecule has 0 N–H and O–H groups in total. The summed E-state index contributed by atoms with van der Waals surface area (Å²) in [5.41, 5.74) is 1.96. The fourth-order valence-electron chi connectivity index (χ4n) is 4.01. The van der Waals surface area contributed by atoms with Crippen LogP contribution in [0.25, 0.3) is 0 Å². The predicted octanol–water partition coefficient (Wildman–Crippen LogP) is 1.65. The van der Waals surface area contributed by atoms with Gasteiger partial charge in [0.1, 0.15) is 0 Å². The van der Waals surface area contributed by atoms with Crippen molar-refractivity contribution in [3.05, 3.63) is 30.1 Å². The minimum absolute atomic E-state index is 0.0854. The van der Waals surface area contributed by atoms with Crippen LogP contribution < -0.4 is 0 Å². The number of carbonyl (C=O) groups excluding carboxylic acids is 2. The summed E-state index contributed by atoms with van der Waals surface area (Å²) in [4.78, 5) is 39.4. The Morgan fingerprint density at radius 2 is 2.00 bits per heavy atom. The van der Waals surface area contributed by atoms with E-state index in [1.54, 1.807) is 13.2 Å². The van der Waals surface area contributed by atoms with Gasteiger partial charge in [0.15, 0.2) is 6.10 Å². The zero-order chi connectivity index (χ0) is 18.8. The van der Waals surface area contributed by atoms with Crippen LogP contribution in [0.3, 0.4) is 0 Å². The summed E-state index contributed by atoms with van der Waals surface area (Å²) in [5.74, 6) is -0.0876. The lowest BCUT2D eigenvalue weighted by Crippen LogP contribution is -2.56. The van der Waals surface area contributed by atoms with E-state index in [9.17, 15) is 9.59 Å². The summed E-state index contributed by atoms with van der Waals surface area (Å²) in [6.45, 7) is 3.17. The number of amides is 3. The Kier molecular flexibility index (Phi) is 5.07. The van der Waals surface area contributed by atoms with Crippen LogP contribution in [-0.4, -0.2) is 76.6 Å². The smallest absolute Gasteiger partial charge is 0.326 e. The molecular weight excluding hydrogens is 346 g/mol. The Labute approximate surface area is 158 Å².